The summed E-state index contributed by atoms with van der Waals surface area (Å²) in [7, 11) is 1.98. The second kappa shape index (κ2) is 19.4. The van der Waals surface area contributed by atoms with E-state index in [4.69, 9.17) is 13.9 Å². The number of rotatable bonds is 21. The van der Waals surface area contributed by atoms with Crippen LogP contribution in [-0.2, 0) is 18.7 Å². The fourth-order valence-electron chi connectivity index (χ4n) is 10.1. The largest absolute Gasteiger partial charge is 0.413 e. The summed E-state index contributed by atoms with van der Waals surface area (Å²) in [5.41, 5.74) is -5.92. The molecule has 0 aromatic heterocycles. The molecule has 0 aromatic carbocycles. The third-order valence-corrected chi connectivity index (χ3v) is 18.7. The molecular weight excluding hydrogens is 702 g/mol. The monoisotopic (exact) mass is 786 g/mol. The summed E-state index contributed by atoms with van der Waals surface area (Å²) in [6.07, 6.45) is 18.7. The molecule has 0 bridgehead atoms. The lowest BCUT2D eigenvalue weighted by Gasteiger charge is -2.72. The quantitative estimate of drug-likeness (QED) is 0.0681. The number of halogens is 1. The number of aliphatic hydroxyl groups is 2. The van der Waals surface area contributed by atoms with Gasteiger partial charge in [-0.05, 0) is 83.7 Å². The molecule has 7 nitrogen and oxygen atoms in total. The summed E-state index contributed by atoms with van der Waals surface area (Å²) >= 11 is 0. The lowest BCUT2D eigenvalue weighted by Crippen LogP contribution is -2.87. The van der Waals surface area contributed by atoms with Gasteiger partial charge in [-0.25, -0.2) is 0 Å². The summed E-state index contributed by atoms with van der Waals surface area (Å²) in [6, 6.07) is 0. The van der Waals surface area contributed by atoms with E-state index in [1.165, 1.54) is 77.2 Å². The van der Waals surface area contributed by atoms with Crippen LogP contribution in [0.25, 0.3) is 0 Å². The highest BCUT2D eigenvalue weighted by Gasteiger charge is 2.81. The van der Waals surface area contributed by atoms with Gasteiger partial charge < -0.3 is 29.0 Å². The number of hydrogen-bond donors (Lipinski definition) is 2. The number of hydrogen-bond acceptors (Lipinski definition) is 7. The molecule has 3 aliphatic rings. The third-order valence-electron chi connectivity index (χ3n) is 14.2. The summed E-state index contributed by atoms with van der Waals surface area (Å²) in [5, 5.41) is 25.8. The summed E-state index contributed by atoms with van der Waals surface area (Å²) in [6.45, 7) is 26.8. The fraction of sp³-hybridized carbons (Fsp3) is 0.932. The zero-order valence-electron chi connectivity index (χ0n) is 36.4. The van der Waals surface area contributed by atoms with Crippen molar-refractivity contribution in [1.82, 2.24) is 4.90 Å². The predicted octanol–water partition coefficient (Wildman–Crippen LogP) is 10.4. The minimum atomic E-state index is -2.32. The van der Waals surface area contributed by atoms with Gasteiger partial charge in [-0.1, -0.05) is 125 Å². The molecule has 2 aliphatic carbocycles. The van der Waals surface area contributed by atoms with Crippen molar-refractivity contribution in [2.45, 2.75) is 218 Å². The average molecular weight is 787 g/mol. The number of unbranched alkanes of at least 4 members (excludes halogenated alkanes) is 13. The number of ether oxygens (including phenoxy) is 2. The van der Waals surface area contributed by atoms with E-state index in [1.807, 2.05) is 13.8 Å². The number of Topliss-reactive ketones (excluding diaryl/α,β-unsaturated/α-hetero) is 1. The molecule has 0 amide bonds. The van der Waals surface area contributed by atoms with Crippen LogP contribution < -0.4 is 0 Å². The summed E-state index contributed by atoms with van der Waals surface area (Å²) < 4.78 is 20.7. The van der Waals surface area contributed by atoms with Crippen LogP contribution in [0.4, 0.5) is 0 Å². The number of aliphatic hydroxyl groups excluding tert-OH is 1. The van der Waals surface area contributed by atoms with Crippen LogP contribution in [0.2, 0.25) is 18.1 Å². The van der Waals surface area contributed by atoms with E-state index >= 15 is 0 Å². The maximum absolute atomic E-state index is 14.6. The third kappa shape index (κ3) is 10.6. The first-order valence-corrected chi connectivity index (χ1v) is 24.2. The van der Waals surface area contributed by atoms with Gasteiger partial charge in [0, 0.05) is 24.4 Å². The van der Waals surface area contributed by atoms with Crippen molar-refractivity contribution in [2.75, 3.05) is 27.2 Å². The van der Waals surface area contributed by atoms with Crippen molar-refractivity contribution >= 4 is 26.5 Å². The van der Waals surface area contributed by atoms with E-state index in [2.05, 4.69) is 73.3 Å². The lowest BCUT2D eigenvalue weighted by molar-refractivity contribution is -0.374. The van der Waals surface area contributed by atoms with E-state index in [0.717, 1.165) is 25.7 Å². The summed E-state index contributed by atoms with van der Waals surface area (Å²) in [4.78, 5) is 16.9. The Balaban J connectivity index is 0.00000972. The van der Waals surface area contributed by atoms with E-state index in [0.29, 0.717) is 13.0 Å². The Morgan fingerprint density at radius 1 is 0.887 bits per heavy atom. The molecule has 3 fully saturated rings. The standard InChI is InChI=1S/C44H83NO6Si.ClH/c1-14-41(7)33-34(46)44(48)42(8)35(50-52(12,13)39(2,3)4)29-30-40(5,6)37(42)36(47)38(43(44,9)51-41)49-32-28-26-24-22-20-18-16-15-17-19-21-23-25-27-31-45(10)11;/h14,35-38,47-48H,1,15-33H2,2-13H3;1H/t35-,36-,37-,38-,41-,42-,43+,44-;/m0./s1. The number of ketones is 1. The van der Waals surface area contributed by atoms with E-state index in [1.54, 1.807) is 13.0 Å². The predicted molar refractivity (Wildman–Crippen MR) is 226 cm³/mol. The molecule has 9 heteroatoms. The van der Waals surface area contributed by atoms with Gasteiger partial charge in [0.1, 0.15) is 11.7 Å². The molecule has 1 heterocycles. The normalized spacial score (nSPS) is 34.4. The molecule has 312 valence electrons. The molecule has 53 heavy (non-hydrogen) atoms. The van der Waals surface area contributed by atoms with Crippen molar-refractivity contribution in [3.63, 3.8) is 0 Å². The minimum absolute atomic E-state index is 0. The van der Waals surface area contributed by atoms with Crippen molar-refractivity contribution < 1.29 is 28.9 Å². The Hall–Kier alpha value is -0.323. The van der Waals surface area contributed by atoms with E-state index < -0.39 is 54.8 Å². The lowest BCUT2D eigenvalue weighted by atomic mass is 9.40. The van der Waals surface area contributed by atoms with Gasteiger partial charge in [-0.2, -0.15) is 0 Å². The van der Waals surface area contributed by atoms with Crippen LogP contribution in [0.1, 0.15) is 165 Å². The van der Waals surface area contributed by atoms with E-state index in [-0.39, 0.29) is 35.1 Å². The van der Waals surface area contributed by atoms with Crippen molar-refractivity contribution in [3.05, 3.63) is 12.7 Å². The van der Waals surface area contributed by atoms with Gasteiger partial charge in [0.2, 0.25) is 0 Å². The van der Waals surface area contributed by atoms with Crippen LogP contribution >= 0.6 is 12.4 Å². The van der Waals surface area contributed by atoms with Gasteiger partial charge >= 0.3 is 0 Å². The topological polar surface area (TPSA) is 88.5 Å². The Bertz CT molecular complexity index is 1160. The Kier molecular flexibility index (Phi) is 17.9. The summed E-state index contributed by atoms with van der Waals surface area (Å²) in [5.74, 6) is -0.714. The van der Waals surface area contributed by atoms with Gasteiger partial charge in [-0.3, -0.25) is 4.79 Å². The number of carbonyl (C=O) groups is 1. The number of fused-ring (bicyclic) bond motifs is 3. The van der Waals surface area contributed by atoms with Crippen molar-refractivity contribution in [1.29, 1.82) is 0 Å². The smallest absolute Gasteiger partial charge is 0.192 e. The van der Waals surface area contributed by atoms with Gasteiger partial charge in [-0.15, -0.1) is 19.0 Å². The molecule has 0 aromatic rings. The molecule has 1 aliphatic heterocycles. The van der Waals surface area contributed by atoms with Crippen LogP contribution in [-0.4, -0.2) is 91.6 Å². The molecule has 3 rings (SSSR count). The maximum atomic E-state index is 14.6. The minimum Gasteiger partial charge on any atom is -0.413 e. The Labute approximate surface area is 333 Å². The zero-order chi connectivity index (χ0) is 39.2. The van der Waals surface area contributed by atoms with Crippen LogP contribution in [0.3, 0.4) is 0 Å². The highest BCUT2D eigenvalue weighted by molar-refractivity contribution is 6.74. The van der Waals surface area contributed by atoms with Gasteiger partial charge in [0.25, 0.3) is 0 Å². The number of carbonyl (C=O) groups excluding carboxylic acids is 1. The van der Waals surface area contributed by atoms with Crippen LogP contribution in [0.5, 0.6) is 0 Å². The molecule has 2 saturated carbocycles. The molecule has 0 radical (unpaired) electrons. The zero-order valence-corrected chi connectivity index (χ0v) is 38.2. The molecule has 1 saturated heterocycles. The first-order chi connectivity index (χ1) is 24.0. The van der Waals surface area contributed by atoms with Crippen molar-refractivity contribution in [2.24, 2.45) is 16.7 Å². The highest BCUT2D eigenvalue weighted by Crippen LogP contribution is 2.68. The van der Waals surface area contributed by atoms with Gasteiger partial charge in [0.05, 0.1) is 17.8 Å². The van der Waals surface area contributed by atoms with Crippen LogP contribution in [0, 0.1) is 16.7 Å². The second-order valence-electron chi connectivity index (χ2n) is 20.2. The first kappa shape index (κ1) is 48.8. The van der Waals surface area contributed by atoms with Crippen molar-refractivity contribution in [3.8, 4) is 0 Å². The number of nitrogens with zero attached hydrogens (tertiary/aromatic N) is 1. The molecule has 2 N–H and O–H groups in total. The first-order valence-electron chi connectivity index (χ1n) is 21.3. The maximum Gasteiger partial charge on any atom is 0.192 e. The second-order valence-corrected chi connectivity index (χ2v) is 25.0. The SMILES string of the molecule is C=C[C@@]1(C)CC(=O)[C@]2(O)[C@@]3(C)[C@@H](O[Si](C)(C)C(C)(C)C)CCC(C)(C)[C@@H]3[C@H](O)[C@H](OCCCCCCCCCCCCCCCCN(C)C)[C@@]2(C)O1.Cl. The van der Waals surface area contributed by atoms with E-state index in [9.17, 15) is 15.0 Å². The fourth-order valence-corrected chi connectivity index (χ4v) is 11.5. The van der Waals surface area contributed by atoms with Gasteiger partial charge in [0.15, 0.2) is 19.7 Å². The Morgan fingerprint density at radius 2 is 1.36 bits per heavy atom. The average Bonchev–Trinajstić information content (AvgIpc) is 3.02. The highest BCUT2D eigenvalue weighted by atomic mass is 35.5. The molecular formula is C44H84ClNO6Si. The molecule has 0 unspecified atom stereocenters. The Morgan fingerprint density at radius 3 is 1.81 bits per heavy atom. The molecule has 0 spiro atoms. The van der Waals surface area contributed by atoms with Crippen LogP contribution in [0.15, 0.2) is 12.7 Å². The molecule has 8 atom stereocenters.